The topological polar surface area (TPSA) is 82.5 Å². The molecule has 45 heavy (non-hydrogen) atoms. The Morgan fingerprint density at radius 1 is 1.04 bits per heavy atom. The number of benzene rings is 2. The highest BCUT2D eigenvalue weighted by Crippen LogP contribution is 2.35. The van der Waals surface area contributed by atoms with Gasteiger partial charge < -0.3 is 15.3 Å². The van der Waals surface area contributed by atoms with E-state index in [0.717, 1.165) is 54.3 Å². The maximum absolute atomic E-state index is 13.4. The van der Waals surface area contributed by atoms with E-state index in [4.69, 9.17) is 10.1 Å². The fourth-order valence-corrected chi connectivity index (χ4v) is 5.81. The number of aliphatic hydroxyl groups is 1. The molecule has 1 amide bonds. The fourth-order valence-electron chi connectivity index (χ4n) is 4.93. The number of aliphatic hydroxyl groups excluding tert-OH is 1. The third-order valence-corrected chi connectivity index (χ3v) is 7.98. The van der Waals surface area contributed by atoms with Crippen LogP contribution in [0.1, 0.15) is 84.3 Å². The monoisotopic (exact) mass is 635 g/mol. The molecule has 3 aromatic rings. The second kappa shape index (κ2) is 21.2. The predicted octanol–water partition coefficient (Wildman–Crippen LogP) is 8.76. The third kappa shape index (κ3) is 12.0. The normalized spacial score (nSPS) is 12.1. The molecule has 1 aliphatic rings. The number of carbonyl (C=O) groups excluding carboxylic acids is 2. The quantitative estimate of drug-likeness (QED) is 0.0991. The van der Waals surface area contributed by atoms with Crippen LogP contribution in [-0.2, 0) is 22.4 Å². The number of fused-ring (bicyclic) bond motifs is 1. The number of allylic oxidation sites excluding steroid dienone is 2. The Morgan fingerprint density at radius 2 is 1.78 bits per heavy atom. The largest absolute Gasteiger partial charge is 0.389 e. The van der Waals surface area contributed by atoms with Gasteiger partial charge in [-0.25, -0.2) is 9.37 Å². The summed E-state index contributed by atoms with van der Waals surface area (Å²) in [6.07, 6.45) is 12.3. The van der Waals surface area contributed by atoms with Crippen LogP contribution >= 0.6 is 11.3 Å². The molecule has 0 aliphatic heterocycles. The van der Waals surface area contributed by atoms with E-state index < -0.39 is 6.61 Å². The lowest BCUT2D eigenvalue weighted by molar-refractivity contribution is -0.122. The highest BCUT2D eigenvalue weighted by atomic mass is 32.1. The molecule has 0 fully saturated rings. The number of thiazole rings is 1. The molecule has 0 saturated heterocycles. The van der Waals surface area contributed by atoms with Gasteiger partial charge in [0.2, 0.25) is 5.91 Å². The zero-order chi connectivity index (χ0) is 33.0. The second-order valence-corrected chi connectivity index (χ2v) is 11.0. The Kier molecular flexibility index (Phi) is 17.7. The summed E-state index contributed by atoms with van der Waals surface area (Å²) in [6.45, 7) is 10.7. The SMILES string of the molecule is CC.CC.CC/C=C(\C/C=C\CCN(c1ccc2c(c1)CCC2)c1nc(-c2ccc(F)cc2)cs1)C(=O)NCCCC(=O)CO. The molecule has 1 aromatic heterocycles. The summed E-state index contributed by atoms with van der Waals surface area (Å²) < 4.78 is 13.4. The molecule has 4 rings (SSSR count). The van der Waals surface area contributed by atoms with E-state index in [9.17, 15) is 14.0 Å². The van der Waals surface area contributed by atoms with E-state index in [1.807, 2.05) is 52.2 Å². The summed E-state index contributed by atoms with van der Waals surface area (Å²) in [5, 5.41) is 14.6. The van der Waals surface area contributed by atoms with Crippen molar-refractivity contribution in [2.45, 2.75) is 86.0 Å². The van der Waals surface area contributed by atoms with Crippen molar-refractivity contribution in [2.24, 2.45) is 0 Å². The van der Waals surface area contributed by atoms with Gasteiger partial charge in [-0.15, -0.1) is 11.3 Å². The van der Waals surface area contributed by atoms with Crippen LogP contribution in [-0.4, -0.2) is 41.5 Å². The number of halogens is 1. The molecule has 0 spiro atoms. The molecule has 1 aliphatic carbocycles. The Hall–Kier alpha value is -3.62. The molecular formula is C37H50FN3O3S. The van der Waals surface area contributed by atoms with Crippen molar-refractivity contribution in [3.8, 4) is 11.3 Å². The molecule has 2 N–H and O–H groups in total. The van der Waals surface area contributed by atoms with Crippen molar-refractivity contribution < 1.29 is 19.1 Å². The number of anilines is 2. The van der Waals surface area contributed by atoms with E-state index in [1.165, 1.54) is 29.7 Å². The van der Waals surface area contributed by atoms with Gasteiger partial charge in [-0.1, -0.05) is 58.9 Å². The van der Waals surface area contributed by atoms with E-state index in [0.29, 0.717) is 25.0 Å². The zero-order valence-corrected chi connectivity index (χ0v) is 28.4. The van der Waals surface area contributed by atoms with Gasteiger partial charge in [0.1, 0.15) is 12.4 Å². The van der Waals surface area contributed by atoms with E-state index >= 15 is 0 Å². The van der Waals surface area contributed by atoms with Crippen LogP contribution in [0.25, 0.3) is 11.3 Å². The number of hydrogen-bond acceptors (Lipinski definition) is 6. The van der Waals surface area contributed by atoms with Crippen molar-refractivity contribution in [3.63, 3.8) is 0 Å². The van der Waals surface area contributed by atoms with Crippen molar-refractivity contribution in [1.29, 1.82) is 0 Å². The lowest BCUT2D eigenvalue weighted by Crippen LogP contribution is -2.26. The number of aryl methyl sites for hydroxylation is 2. The number of nitrogens with one attached hydrogen (secondary N) is 1. The number of rotatable bonds is 15. The van der Waals surface area contributed by atoms with Gasteiger partial charge in [0.05, 0.1) is 5.69 Å². The number of hydrogen-bond donors (Lipinski definition) is 2. The predicted molar refractivity (Wildman–Crippen MR) is 187 cm³/mol. The van der Waals surface area contributed by atoms with Gasteiger partial charge in [-0.3, -0.25) is 9.59 Å². The van der Waals surface area contributed by atoms with Crippen LogP contribution in [0, 0.1) is 5.82 Å². The van der Waals surface area contributed by atoms with Crippen LogP contribution in [0.15, 0.2) is 71.6 Å². The van der Waals surface area contributed by atoms with Gasteiger partial charge in [0.15, 0.2) is 10.9 Å². The van der Waals surface area contributed by atoms with Crippen LogP contribution < -0.4 is 10.2 Å². The second-order valence-electron chi connectivity index (χ2n) is 10.1. The van der Waals surface area contributed by atoms with Gasteiger partial charge in [-0.05, 0) is 92.5 Å². The molecule has 244 valence electrons. The molecule has 2 aromatic carbocycles. The summed E-state index contributed by atoms with van der Waals surface area (Å²) in [6, 6.07) is 13.1. The van der Waals surface area contributed by atoms with E-state index in [2.05, 4.69) is 34.5 Å². The van der Waals surface area contributed by atoms with Gasteiger partial charge in [0.25, 0.3) is 0 Å². The van der Waals surface area contributed by atoms with Gasteiger partial charge in [0, 0.05) is 41.7 Å². The average Bonchev–Trinajstić information content (AvgIpc) is 3.76. The standard InChI is InChI=1S/C33H38FN3O3S.2C2H6/c1-2-8-26(32(40)35-19-7-12-30(39)22-38)9-4-3-5-20-37(29-18-15-24-10-6-11-27(24)21-29)33-36-31(23-41-33)25-13-16-28(34)17-14-25;2*1-2/h3-4,8,13-18,21,23,38H,2,5-7,9-12,19-20,22H2,1H3,(H,35,40);2*1-2H3/b4-3-,26-8+;;. The van der Waals surface area contributed by atoms with Crippen molar-refractivity contribution in [1.82, 2.24) is 10.3 Å². The average molecular weight is 636 g/mol. The highest BCUT2D eigenvalue weighted by Gasteiger charge is 2.18. The third-order valence-electron chi connectivity index (χ3n) is 7.12. The molecule has 0 radical (unpaired) electrons. The fraction of sp³-hybridized carbons (Fsp3) is 0.432. The summed E-state index contributed by atoms with van der Waals surface area (Å²) in [4.78, 5) is 31.0. The Balaban J connectivity index is 0.00000169. The Labute approximate surface area is 273 Å². The molecule has 0 atom stereocenters. The molecule has 0 saturated carbocycles. The number of carbonyl (C=O) groups is 2. The number of amides is 1. The number of Topliss-reactive ketones (excluding diaryl/α,β-unsaturated/α-hetero) is 1. The first-order valence-electron chi connectivity index (χ1n) is 16.3. The smallest absolute Gasteiger partial charge is 0.247 e. The van der Waals surface area contributed by atoms with Crippen LogP contribution in [0.4, 0.5) is 15.2 Å². The molecular weight excluding hydrogens is 585 g/mol. The minimum Gasteiger partial charge on any atom is -0.389 e. The molecule has 0 bridgehead atoms. The van der Waals surface area contributed by atoms with Crippen LogP contribution in [0.3, 0.4) is 0 Å². The van der Waals surface area contributed by atoms with E-state index in [1.54, 1.807) is 23.5 Å². The molecule has 0 unspecified atom stereocenters. The van der Waals surface area contributed by atoms with Gasteiger partial charge >= 0.3 is 0 Å². The Morgan fingerprint density at radius 3 is 2.49 bits per heavy atom. The summed E-state index contributed by atoms with van der Waals surface area (Å²) >= 11 is 1.58. The molecule has 8 heteroatoms. The highest BCUT2D eigenvalue weighted by molar-refractivity contribution is 7.14. The lowest BCUT2D eigenvalue weighted by Gasteiger charge is -2.22. The minimum atomic E-state index is -0.457. The maximum Gasteiger partial charge on any atom is 0.247 e. The van der Waals surface area contributed by atoms with Crippen molar-refractivity contribution in [3.05, 3.63) is 88.6 Å². The first-order chi connectivity index (χ1) is 22.0. The van der Waals surface area contributed by atoms with Crippen molar-refractivity contribution in [2.75, 3.05) is 24.6 Å². The maximum atomic E-state index is 13.4. The first-order valence-corrected chi connectivity index (χ1v) is 17.2. The van der Waals surface area contributed by atoms with Gasteiger partial charge in [-0.2, -0.15) is 0 Å². The number of ketones is 1. The number of nitrogens with zero attached hydrogens (tertiary/aromatic N) is 2. The molecule has 1 heterocycles. The zero-order valence-electron chi connectivity index (χ0n) is 27.6. The summed E-state index contributed by atoms with van der Waals surface area (Å²) in [7, 11) is 0. The summed E-state index contributed by atoms with van der Waals surface area (Å²) in [5.41, 5.74) is 6.36. The minimum absolute atomic E-state index is 0.121. The summed E-state index contributed by atoms with van der Waals surface area (Å²) in [5.74, 6) is -0.603. The van der Waals surface area contributed by atoms with Crippen LogP contribution in [0.5, 0.6) is 0 Å². The van der Waals surface area contributed by atoms with Crippen molar-refractivity contribution >= 4 is 33.8 Å². The van der Waals surface area contributed by atoms with E-state index in [-0.39, 0.29) is 23.9 Å². The Bertz CT molecular complexity index is 1380. The van der Waals surface area contributed by atoms with Crippen LogP contribution in [0.2, 0.25) is 0 Å². The molecule has 6 nitrogen and oxygen atoms in total. The number of aromatic nitrogens is 1. The first kappa shape index (κ1) is 37.6. The lowest BCUT2D eigenvalue weighted by atomic mass is 10.1.